The van der Waals surface area contributed by atoms with Gasteiger partial charge in [0.25, 0.3) is 0 Å². The number of nitrogens with two attached hydrogens (primary N) is 1. The highest BCUT2D eigenvalue weighted by atomic mass is 19.1. The van der Waals surface area contributed by atoms with E-state index in [1.807, 2.05) is 0 Å². The monoisotopic (exact) mass is 632 g/mol. The molecular weight excluding hydrogens is 603 g/mol. The Morgan fingerprint density at radius 1 is 1.09 bits per heavy atom. The van der Waals surface area contributed by atoms with E-state index >= 15 is 8.78 Å². The van der Waals surface area contributed by atoms with Crippen LogP contribution in [-0.2, 0) is 0 Å². The first-order chi connectivity index (χ1) is 22.1. The van der Waals surface area contributed by atoms with Gasteiger partial charge in [-0.2, -0.15) is 9.97 Å². The number of nitrogens with one attached hydrogen (secondary N) is 1. The molecule has 3 aromatic carbocycles. The molecule has 12 heteroatoms. The van der Waals surface area contributed by atoms with Crippen LogP contribution in [0.15, 0.2) is 42.2 Å². The highest BCUT2D eigenvalue weighted by Gasteiger charge is 2.49. The summed E-state index contributed by atoms with van der Waals surface area (Å²) in [7, 11) is 0. The lowest BCUT2D eigenvalue weighted by molar-refractivity contribution is 0.107. The summed E-state index contributed by atoms with van der Waals surface area (Å²) in [5, 5.41) is 3.74. The van der Waals surface area contributed by atoms with E-state index in [9.17, 15) is 13.2 Å². The second-order valence-corrected chi connectivity index (χ2v) is 12.7. The maximum absolute atomic E-state index is 16.8. The van der Waals surface area contributed by atoms with Crippen LogP contribution in [0, 0.1) is 29.8 Å². The van der Waals surface area contributed by atoms with Gasteiger partial charge in [-0.15, -0.1) is 6.42 Å². The number of alkyl halides is 1. The smallest absolute Gasteiger partial charge is 0.319 e. The minimum atomic E-state index is -1.05. The molecule has 236 valence electrons. The Labute approximate surface area is 261 Å². The molecule has 7 nitrogen and oxygen atoms in total. The van der Waals surface area contributed by atoms with Gasteiger partial charge in [-0.3, -0.25) is 10.2 Å². The van der Waals surface area contributed by atoms with Crippen molar-refractivity contribution in [1.82, 2.24) is 20.2 Å². The number of ether oxygens (including phenoxy) is 1. The second-order valence-electron chi connectivity index (χ2n) is 12.7. The third kappa shape index (κ3) is 4.47. The Bertz CT molecular complexity index is 2010. The van der Waals surface area contributed by atoms with Crippen molar-refractivity contribution in [1.29, 1.82) is 0 Å². The highest BCUT2D eigenvalue weighted by molar-refractivity contribution is 6.05. The van der Waals surface area contributed by atoms with Crippen LogP contribution < -0.4 is 20.7 Å². The number of hydrogen-bond acceptors (Lipinski definition) is 7. The topological polar surface area (TPSA) is 79.5 Å². The van der Waals surface area contributed by atoms with Crippen molar-refractivity contribution in [3.05, 3.63) is 65.2 Å². The third-order valence-electron chi connectivity index (χ3n) is 9.80. The molecule has 0 radical (unpaired) electrons. The first-order valence-electron chi connectivity index (χ1n) is 15.2. The summed E-state index contributed by atoms with van der Waals surface area (Å²) in [6.07, 6.45) is 8.09. The summed E-state index contributed by atoms with van der Waals surface area (Å²) in [5.74, 6) is -0.571. The average Bonchev–Trinajstić information content (AvgIpc) is 3.63. The van der Waals surface area contributed by atoms with Crippen LogP contribution in [0.4, 0.5) is 33.5 Å². The van der Waals surface area contributed by atoms with E-state index < -0.39 is 40.8 Å². The maximum Gasteiger partial charge on any atom is 0.319 e. The summed E-state index contributed by atoms with van der Waals surface area (Å²) in [6.45, 7) is 1.59. The number of anilines is 2. The lowest BCUT2D eigenvalue weighted by Crippen LogP contribution is -2.52. The maximum atomic E-state index is 16.8. The van der Waals surface area contributed by atoms with E-state index in [1.54, 1.807) is 11.0 Å². The fraction of sp³-hybridized carbons (Fsp3) is 0.353. The summed E-state index contributed by atoms with van der Waals surface area (Å²) >= 11 is 0. The lowest BCUT2D eigenvalue weighted by Gasteiger charge is -2.34. The van der Waals surface area contributed by atoms with Crippen LogP contribution in [0.2, 0.25) is 0 Å². The molecule has 46 heavy (non-hydrogen) atoms. The zero-order chi connectivity index (χ0) is 31.9. The van der Waals surface area contributed by atoms with Gasteiger partial charge in [0.1, 0.15) is 41.6 Å². The Morgan fingerprint density at radius 2 is 1.93 bits per heavy atom. The minimum absolute atomic E-state index is 0.0334. The molecule has 3 fully saturated rings. The highest BCUT2D eigenvalue weighted by Crippen LogP contribution is 2.43. The van der Waals surface area contributed by atoms with E-state index in [2.05, 4.69) is 26.1 Å². The zero-order valence-electron chi connectivity index (χ0n) is 24.6. The number of rotatable bonds is 5. The fourth-order valence-electron chi connectivity index (χ4n) is 7.81. The number of hydrogen-bond donors (Lipinski definition) is 2. The standard InChI is InChI=1S/C34H29F5N6O/c1-2-21-24(36)5-4-17-8-19(40)9-22(28(17)21)29-26(38)11-23-31(30(29)39)42-33(46-16-34-6-3-7-45(34)13-18(35)12-34)43-32(23)44-14-20-10-25(37)27(15-44)41-20/h1,4-5,8-11,18,20,27,41H,3,6-7,12-16,40H2/t18-,20?,27?,34+/m1/s1. The average molecular weight is 633 g/mol. The van der Waals surface area contributed by atoms with Crippen LogP contribution in [-0.4, -0.2) is 71.4 Å². The largest absolute Gasteiger partial charge is 0.461 e. The minimum Gasteiger partial charge on any atom is -0.461 e. The quantitative estimate of drug-likeness (QED) is 0.173. The number of aromatic nitrogens is 2. The van der Waals surface area contributed by atoms with Crippen LogP contribution in [0.3, 0.4) is 0 Å². The van der Waals surface area contributed by atoms with Gasteiger partial charge in [0.2, 0.25) is 0 Å². The van der Waals surface area contributed by atoms with E-state index in [4.69, 9.17) is 16.9 Å². The van der Waals surface area contributed by atoms with Crippen molar-refractivity contribution in [3.63, 3.8) is 0 Å². The van der Waals surface area contributed by atoms with Crippen molar-refractivity contribution >= 4 is 33.2 Å². The van der Waals surface area contributed by atoms with E-state index in [0.29, 0.717) is 18.4 Å². The predicted octanol–water partition coefficient (Wildman–Crippen LogP) is 5.40. The molecular formula is C34H29F5N6O. The Hall–Kier alpha value is -4.47. The van der Waals surface area contributed by atoms with Gasteiger partial charge in [0, 0.05) is 48.6 Å². The molecule has 8 rings (SSSR count). The summed E-state index contributed by atoms with van der Waals surface area (Å²) < 4.78 is 83.0. The number of piperazine rings is 1. The van der Waals surface area contributed by atoms with Gasteiger partial charge >= 0.3 is 6.01 Å². The molecule has 2 unspecified atom stereocenters. The van der Waals surface area contributed by atoms with Crippen LogP contribution in [0.1, 0.15) is 24.8 Å². The molecule has 0 spiro atoms. The normalized spacial score (nSPS) is 25.7. The predicted molar refractivity (Wildman–Crippen MR) is 165 cm³/mol. The van der Waals surface area contributed by atoms with Crippen LogP contribution in [0.25, 0.3) is 32.8 Å². The number of benzene rings is 3. The zero-order valence-corrected chi connectivity index (χ0v) is 24.6. The Balaban J connectivity index is 1.30. The molecule has 4 aliphatic heterocycles. The molecule has 2 bridgehead atoms. The SMILES string of the molecule is C#Cc1c(F)ccc2cc(N)cc(-c3c(F)cc4c(N5CC6C=C(F)C(C5)N6)nc(OC[C@@]56CCCN5C[C@H](F)C6)nc4c3F)c12. The second kappa shape index (κ2) is 10.5. The van der Waals surface area contributed by atoms with Crippen LogP contribution in [0.5, 0.6) is 6.01 Å². The molecule has 3 N–H and O–H groups in total. The number of fused-ring (bicyclic) bond motifs is 5. The van der Waals surface area contributed by atoms with E-state index in [-0.39, 0.29) is 76.5 Å². The van der Waals surface area contributed by atoms with Crippen LogP contribution >= 0.6 is 0 Å². The van der Waals surface area contributed by atoms with Crippen molar-refractivity contribution in [3.8, 4) is 29.5 Å². The van der Waals surface area contributed by atoms with Gasteiger partial charge in [-0.25, -0.2) is 22.0 Å². The van der Waals surface area contributed by atoms with Crippen molar-refractivity contribution in [2.45, 2.75) is 43.1 Å². The Morgan fingerprint density at radius 3 is 2.74 bits per heavy atom. The van der Waals surface area contributed by atoms with Crippen molar-refractivity contribution in [2.75, 3.05) is 43.4 Å². The molecule has 3 saturated heterocycles. The molecule has 1 aromatic heterocycles. The molecule has 0 amide bonds. The van der Waals surface area contributed by atoms with E-state index in [0.717, 1.165) is 25.5 Å². The first-order valence-corrected chi connectivity index (χ1v) is 15.2. The Kier molecular flexibility index (Phi) is 6.63. The fourth-order valence-corrected chi connectivity index (χ4v) is 7.81. The lowest BCUT2D eigenvalue weighted by atomic mass is 9.92. The third-order valence-corrected chi connectivity index (χ3v) is 9.80. The van der Waals surface area contributed by atoms with Crippen molar-refractivity contribution < 1.29 is 26.7 Å². The van der Waals surface area contributed by atoms with E-state index in [1.165, 1.54) is 24.3 Å². The van der Waals surface area contributed by atoms with Gasteiger partial charge < -0.3 is 15.4 Å². The number of terminal acetylenes is 1. The molecule has 4 atom stereocenters. The first kappa shape index (κ1) is 29.0. The summed E-state index contributed by atoms with van der Waals surface area (Å²) in [5.41, 5.74) is 4.86. The molecule has 4 aromatic rings. The number of nitrogens with zero attached hydrogens (tertiary/aromatic N) is 4. The molecule has 0 saturated carbocycles. The molecule has 0 aliphatic carbocycles. The number of nitrogen functional groups attached to an aromatic ring is 1. The summed E-state index contributed by atoms with van der Waals surface area (Å²) in [6, 6.07) is 5.52. The van der Waals surface area contributed by atoms with Gasteiger partial charge in [0.05, 0.1) is 22.7 Å². The summed E-state index contributed by atoms with van der Waals surface area (Å²) in [4.78, 5) is 12.8. The van der Waals surface area contributed by atoms with Gasteiger partial charge in [0.15, 0.2) is 5.82 Å². The van der Waals surface area contributed by atoms with Crippen molar-refractivity contribution in [2.24, 2.45) is 0 Å². The van der Waals surface area contributed by atoms with Gasteiger partial charge in [-0.1, -0.05) is 12.0 Å². The molecule has 5 heterocycles. The van der Waals surface area contributed by atoms with Gasteiger partial charge in [-0.05, 0) is 60.7 Å². The molecule has 4 aliphatic rings. The number of halogens is 5.